The molecule has 6 nitrogen and oxygen atoms in total. The summed E-state index contributed by atoms with van der Waals surface area (Å²) < 4.78 is 10.3. The number of aliphatic hydroxyl groups excluding tert-OH is 1. The monoisotopic (exact) mass is 304 g/mol. The summed E-state index contributed by atoms with van der Waals surface area (Å²) in [7, 11) is 0. The van der Waals surface area contributed by atoms with Crippen molar-refractivity contribution in [1.82, 2.24) is 0 Å². The van der Waals surface area contributed by atoms with Crippen LogP contribution in [0.3, 0.4) is 0 Å². The van der Waals surface area contributed by atoms with Crippen LogP contribution in [-0.4, -0.2) is 50.2 Å². The van der Waals surface area contributed by atoms with E-state index >= 15 is 0 Å². The summed E-state index contributed by atoms with van der Waals surface area (Å²) in [6.45, 7) is 11.8. The Bertz CT molecular complexity index is 313. The molecule has 0 aliphatic carbocycles. The molecule has 0 aliphatic heterocycles. The van der Waals surface area contributed by atoms with Crippen molar-refractivity contribution in [1.29, 1.82) is 0 Å². The molecule has 0 saturated heterocycles. The van der Waals surface area contributed by atoms with Gasteiger partial charge in [0.05, 0.1) is 18.6 Å². The zero-order valence-electron chi connectivity index (χ0n) is 13.5. The molecule has 0 bridgehead atoms. The predicted molar refractivity (Wildman–Crippen MR) is 78.6 cm³/mol. The van der Waals surface area contributed by atoms with E-state index in [1.807, 2.05) is 27.7 Å². The first-order valence-electron chi connectivity index (χ1n) is 7.11. The largest absolute Gasteiger partial charge is 0.463 e. The van der Waals surface area contributed by atoms with Crippen molar-refractivity contribution >= 4 is 5.97 Å². The lowest BCUT2D eigenvalue weighted by Gasteiger charge is -2.20. The summed E-state index contributed by atoms with van der Waals surface area (Å²) in [5.74, 6) is -0.245. The van der Waals surface area contributed by atoms with Crippen molar-refractivity contribution in [3.63, 3.8) is 0 Å². The number of ether oxygens (including phenoxy) is 2. The second kappa shape index (κ2) is 10.7. The van der Waals surface area contributed by atoms with Crippen LogP contribution in [0.4, 0.5) is 0 Å². The van der Waals surface area contributed by atoms with Crippen LogP contribution >= 0.6 is 0 Å². The minimum atomic E-state index is -0.794. The lowest BCUT2D eigenvalue weighted by molar-refractivity contribution is -0.300. The first kappa shape index (κ1) is 20.1. The molecular formula is C15H28O6. The van der Waals surface area contributed by atoms with Crippen LogP contribution in [0.2, 0.25) is 0 Å². The molecule has 0 rings (SSSR count). The van der Waals surface area contributed by atoms with Crippen LogP contribution < -0.4 is 0 Å². The fourth-order valence-electron chi connectivity index (χ4n) is 1.07. The zero-order chi connectivity index (χ0) is 16.3. The molecule has 0 aromatic carbocycles. The van der Waals surface area contributed by atoms with E-state index in [1.54, 1.807) is 0 Å². The van der Waals surface area contributed by atoms with E-state index in [1.165, 1.54) is 0 Å². The number of rotatable bonds is 12. The van der Waals surface area contributed by atoms with Crippen molar-refractivity contribution in [2.75, 3.05) is 33.0 Å². The zero-order valence-corrected chi connectivity index (χ0v) is 13.5. The lowest BCUT2D eigenvalue weighted by Crippen LogP contribution is -2.28. The van der Waals surface area contributed by atoms with Crippen molar-refractivity contribution in [2.24, 2.45) is 5.41 Å². The summed E-state index contributed by atoms with van der Waals surface area (Å²) in [6.07, 6.45) is -0.0784. The van der Waals surface area contributed by atoms with E-state index < -0.39 is 11.5 Å². The summed E-state index contributed by atoms with van der Waals surface area (Å²) >= 11 is 0. The van der Waals surface area contributed by atoms with Gasteiger partial charge in [-0.3, -0.25) is 4.79 Å². The van der Waals surface area contributed by atoms with Gasteiger partial charge in [0.2, 0.25) is 0 Å². The number of aliphatic hydroxyl groups is 1. The van der Waals surface area contributed by atoms with Gasteiger partial charge in [-0.05, 0) is 27.2 Å². The second-order valence-electron chi connectivity index (χ2n) is 5.61. The maximum absolute atomic E-state index is 11.7. The van der Waals surface area contributed by atoms with Gasteiger partial charge in [0, 0.05) is 0 Å². The number of carbonyl (C=O) groups is 1. The second-order valence-corrected chi connectivity index (χ2v) is 5.61. The average molecular weight is 304 g/mol. The van der Waals surface area contributed by atoms with Crippen LogP contribution in [0.1, 0.15) is 34.1 Å². The minimum absolute atomic E-state index is 0.00985. The molecule has 0 saturated carbocycles. The summed E-state index contributed by atoms with van der Waals surface area (Å²) in [5.41, 5.74) is 0.353. The maximum Gasteiger partial charge on any atom is 0.311 e. The Morgan fingerprint density at radius 2 is 1.90 bits per heavy atom. The van der Waals surface area contributed by atoms with Gasteiger partial charge in [-0.15, -0.1) is 0 Å². The number of hydrogen-bond donors (Lipinski definition) is 1. The molecule has 0 aliphatic rings. The van der Waals surface area contributed by atoms with Crippen LogP contribution in [0.15, 0.2) is 12.2 Å². The highest BCUT2D eigenvalue weighted by Gasteiger charge is 2.26. The number of carbonyl (C=O) groups excluding carboxylic acids is 1. The quantitative estimate of drug-likeness (QED) is 0.195. The van der Waals surface area contributed by atoms with Crippen molar-refractivity contribution < 1.29 is 29.1 Å². The Kier molecular flexibility index (Phi) is 10.2. The molecule has 1 unspecified atom stereocenters. The Hall–Kier alpha value is -0.950. The molecule has 0 aromatic heterocycles. The standard InChI is InChI=1S/C15H28O6/c1-6-15(4,5)14(17)19-8-7-18-10-13(16)11-21-20-9-12(2)3/h13,16H,2,6-11H2,1,3-5H3. The molecular weight excluding hydrogens is 276 g/mol. The Morgan fingerprint density at radius 3 is 2.48 bits per heavy atom. The van der Waals surface area contributed by atoms with Crippen LogP contribution in [-0.2, 0) is 24.0 Å². The normalized spacial score (nSPS) is 13.0. The molecule has 6 heteroatoms. The molecule has 0 fully saturated rings. The maximum atomic E-state index is 11.7. The highest BCUT2D eigenvalue weighted by molar-refractivity contribution is 5.75. The van der Waals surface area contributed by atoms with Gasteiger partial charge >= 0.3 is 5.97 Å². The Balaban J connectivity index is 3.54. The molecule has 21 heavy (non-hydrogen) atoms. The van der Waals surface area contributed by atoms with Crippen molar-refractivity contribution in [2.45, 2.75) is 40.2 Å². The molecule has 0 amide bonds. The lowest BCUT2D eigenvalue weighted by atomic mass is 9.91. The molecule has 124 valence electrons. The van der Waals surface area contributed by atoms with E-state index in [4.69, 9.17) is 19.2 Å². The van der Waals surface area contributed by atoms with Crippen molar-refractivity contribution in [3.8, 4) is 0 Å². The molecule has 0 spiro atoms. The van der Waals surface area contributed by atoms with Crippen LogP contribution in [0, 0.1) is 5.41 Å². The Morgan fingerprint density at radius 1 is 1.24 bits per heavy atom. The fourth-order valence-corrected chi connectivity index (χ4v) is 1.07. The number of hydrogen-bond acceptors (Lipinski definition) is 6. The minimum Gasteiger partial charge on any atom is -0.463 e. The molecule has 1 N–H and O–H groups in total. The highest BCUT2D eigenvalue weighted by Crippen LogP contribution is 2.21. The van der Waals surface area contributed by atoms with Gasteiger partial charge in [0.15, 0.2) is 0 Å². The topological polar surface area (TPSA) is 74.2 Å². The fraction of sp³-hybridized carbons (Fsp3) is 0.800. The first-order chi connectivity index (χ1) is 9.79. The molecule has 0 heterocycles. The van der Waals surface area contributed by atoms with Gasteiger partial charge < -0.3 is 14.6 Å². The van der Waals surface area contributed by atoms with E-state index in [0.717, 1.165) is 5.57 Å². The van der Waals surface area contributed by atoms with Gasteiger partial charge in [0.25, 0.3) is 0 Å². The predicted octanol–water partition coefficient (Wildman–Crippen LogP) is 1.87. The van der Waals surface area contributed by atoms with Crippen molar-refractivity contribution in [3.05, 3.63) is 12.2 Å². The molecule has 0 radical (unpaired) electrons. The smallest absolute Gasteiger partial charge is 0.311 e. The molecule has 0 aromatic rings. The Labute approximate surface area is 126 Å². The van der Waals surface area contributed by atoms with E-state index in [-0.39, 0.29) is 39.0 Å². The molecule has 1 atom stereocenters. The van der Waals surface area contributed by atoms with E-state index in [0.29, 0.717) is 6.42 Å². The average Bonchev–Trinajstić information content (AvgIpc) is 2.42. The van der Waals surface area contributed by atoms with E-state index in [9.17, 15) is 9.90 Å². The van der Waals surface area contributed by atoms with Gasteiger partial charge in [0.1, 0.15) is 25.9 Å². The summed E-state index contributed by atoms with van der Waals surface area (Å²) in [4.78, 5) is 21.2. The van der Waals surface area contributed by atoms with Gasteiger partial charge in [-0.25, -0.2) is 9.78 Å². The third-order valence-electron chi connectivity index (χ3n) is 2.86. The number of esters is 1. The third-order valence-corrected chi connectivity index (χ3v) is 2.86. The van der Waals surface area contributed by atoms with Gasteiger partial charge in [-0.2, -0.15) is 0 Å². The van der Waals surface area contributed by atoms with E-state index in [2.05, 4.69) is 6.58 Å². The summed E-state index contributed by atoms with van der Waals surface area (Å²) in [5, 5.41) is 9.53. The summed E-state index contributed by atoms with van der Waals surface area (Å²) in [6, 6.07) is 0. The third kappa shape index (κ3) is 10.4. The highest BCUT2D eigenvalue weighted by atomic mass is 17.2. The first-order valence-corrected chi connectivity index (χ1v) is 7.11. The SMILES string of the molecule is C=C(C)COOCC(O)COCCOC(=O)C(C)(C)CC. The van der Waals surface area contributed by atoms with Crippen LogP contribution in [0.5, 0.6) is 0 Å². The van der Waals surface area contributed by atoms with Crippen LogP contribution in [0.25, 0.3) is 0 Å². The van der Waals surface area contributed by atoms with Gasteiger partial charge in [-0.1, -0.05) is 19.1 Å².